The molecule has 1 fully saturated rings. The second-order valence-corrected chi connectivity index (χ2v) is 8.79. The molecule has 0 aliphatic heterocycles. The lowest BCUT2D eigenvalue weighted by molar-refractivity contribution is 0.213. The third-order valence-electron chi connectivity index (χ3n) is 4.38. The molecule has 2 unspecified atom stereocenters. The van der Waals surface area contributed by atoms with Crippen LogP contribution >= 0.6 is 27.3 Å². The quantitative estimate of drug-likeness (QED) is 0.704. The van der Waals surface area contributed by atoms with Crippen molar-refractivity contribution in [2.24, 2.45) is 11.3 Å². The molecule has 0 saturated heterocycles. The van der Waals surface area contributed by atoms with Crippen LogP contribution in [0.5, 0.6) is 0 Å². The number of hydrogen-bond acceptors (Lipinski definition) is 2. The molecule has 19 heavy (non-hydrogen) atoms. The topological polar surface area (TPSA) is 12.0 Å². The van der Waals surface area contributed by atoms with Crippen molar-refractivity contribution < 1.29 is 0 Å². The molecule has 1 aliphatic carbocycles. The second-order valence-electron chi connectivity index (χ2n) is 6.88. The van der Waals surface area contributed by atoms with Crippen LogP contribution in [-0.2, 0) is 6.54 Å². The molecule has 0 amide bonds. The van der Waals surface area contributed by atoms with Crippen LogP contribution in [0.4, 0.5) is 0 Å². The summed E-state index contributed by atoms with van der Waals surface area (Å²) in [5.41, 5.74) is 0.480. The molecule has 2 atom stereocenters. The number of nitrogens with one attached hydrogen (secondary N) is 1. The Labute approximate surface area is 130 Å². The van der Waals surface area contributed by atoms with Crippen molar-refractivity contribution in [1.29, 1.82) is 0 Å². The second kappa shape index (κ2) is 6.73. The maximum Gasteiger partial charge on any atom is 0.0302 e. The minimum atomic E-state index is 0.480. The zero-order valence-corrected chi connectivity index (χ0v) is 14.7. The summed E-state index contributed by atoms with van der Waals surface area (Å²) in [6.07, 6.45) is 6.86. The van der Waals surface area contributed by atoms with E-state index >= 15 is 0 Å². The number of halogens is 1. The predicted molar refractivity (Wildman–Crippen MR) is 88.7 cm³/mol. The lowest BCUT2D eigenvalue weighted by Crippen LogP contribution is -2.28. The summed E-state index contributed by atoms with van der Waals surface area (Å²) in [7, 11) is 0. The summed E-state index contributed by atoms with van der Waals surface area (Å²) in [4.78, 5) is 1.43. The summed E-state index contributed by atoms with van der Waals surface area (Å²) >= 11 is 5.36. The van der Waals surface area contributed by atoms with E-state index in [-0.39, 0.29) is 0 Å². The molecule has 0 aromatic carbocycles. The van der Waals surface area contributed by atoms with Gasteiger partial charge in [0.2, 0.25) is 0 Å². The average molecular weight is 344 g/mol. The number of rotatable bonds is 3. The van der Waals surface area contributed by atoms with E-state index < -0.39 is 0 Å². The molecule has 1 aliphatic rings. The highest BCUT2D eigenvalue weighted by Gasteiger charge is 2.27. The molecule has 1 aromatic heterocycles. The predicted octanol–water partition coefficient (Wildman–Crippen LogP) is 5.60. The van der Waals surface area contributed by atoms with Crippen LogP contribution in [-0.4, -0.2) is 6.04 Å². The van der Waals surface area contributed by atoms with Gasteiger partial charge in [-0.3, -0.25) is 0 Å². The van der Waals surface area contributed by atoms with Crippen LogP contribution in [0.15, 0.2) is 15.9 Å². The highest BCUT2D eigenvalue weighted by atomic mass is 79.9. The van der Waals surface area contributed by atoms with Gasteiger partial charge in [0.25, 0.3) is 0 Å². The van der Waals surface area contributed by atoms with Gasteiger partial charge in [-0.1, -0.05) is 27.2 Å². The molecule has 2 rings (SSSR count). The van der Waals surface area contributed by atoms with Crippen LogP contribution in [0.2, 0.25) is 0 Å². The van der Waals surface area contributed by atoms with E-state index in [0.717, 1.165) is 12.5 Å². The van der Waals surface area contributed by atoms with Crippen LogP contribution in [0.1, 0.15) is 57.8 Å². The van der Waals surface area contributed by atoms with Gasteiger partial charge in [-0.25, -0.2) is 0 Å². The van der Waals surface area contributed by atoms with E-state index in [4.69, 9.17) is 0 Å². The van der Waals surface area contributed by atoms with Crippen molar-refractivity contribution in [2.45, 2.75) is 65.5 Å². The normalized spacial score (nSPS) is 25.3. The van der Waals surface area contributed by atoms with E-state index in [1.165, 1.54) is 41.5 Å². The Bertz CT molecular complexity index is 394. The Hall–Kier alpha value is 0.140. The number of thiophene rings is 1. The molecule has 0 radical (unpaired) electrons. The maximum absolute atomic E-state index is 3.75. The van der Waals surface area contributed by atoms with E-state index in [0.29, 0.717) is 11.5 Å². The third-order valence-corrected chi connectivity index (χ3v) is 6.08. The van der Waals surface area contributed by atoms with Crippen molar-refractivity contribution in [1.82, 2.24) is 5.32 Å². The van der Waals surface area contributed by atoms with E-state index in [2.05, 4.69) is 53.5 Å². The van der Waals surface area contributed by atoms with Gasteiger partial charge in [0.15, 0.2) is 0 Å². The zero-order valence-electron chi connectivity index (χ0n) is 12.3. The first-order valence-electron chi connectivity index (χ1n) is 7.41. The van der Waals surface area contributed by atoms with E-state index in [1.807, 2.05) is 11.3 Å². The number of hydrogen-bond donors (Lipinski definition) is 1. The van der Waals surface area contributed by atoms with Crippen molar-refractivity contribution >= 4 is 27.3 Å². The van der Waals surface area contributed by atoms with Gasteiger partial charge in [-0.05, 0) is 59.0 Å². The smallest absolute Gasteiger partial charge is 0.0302 e. The van der Waals surface area contributed by atoms with Gasteiger partial charge < -0.3 is 5.32 Å². The van der Waals surface area contributed by atoms with Crippen molar-refractivity contribution in [3.63, 3.8) is 0 Å². The molecule has 1 heterocycles. The molecule has 1 nitrogen and oxygen atoms in total. The fourth-order valence-corrected chi connectivity index (χ4v) is 4.47. The zero-order chi connectivity index (χ0) is 13.9. The van der Waals surface area contributed by atoms with E-state index in [1.54, 1.807) is 0 Å². The molecule has 0 spiro atoms. The SMILES string of the molecule is CC(C)(C)C1CCCC(NCc2cc(Br)cs2)CC1. The van der Waals surface area contributed by atoms with Gasteiger partial charge in [-0.2, -0.15) is 0 Å². The molecular formula is C16H26BrNS. The summed E-state index contributed by atoms with van der Waals surface area (Å²) in [6, 6.07) is 2.94. The Balaban J connectivity index is 1.80. The molecule has 1 N–H and O–H groups in total. The Kier molecular flexibility index (Phi) is 5.50. The standard InChI is InChI=1S/C16H26BrNS/c1-16(2,3)12-5-4-6-14(8-7-12)18-10-15-9-13(17)11-19-15/h9,11-12,14,18H,4-8,10H2,1-3H3. The highest BCUT2D eigenvalue weighted by Crippen LogP contribution is 2.36. The fourth-order valence-electron chi connectivity index (χ4n) is 3.06. The first-order valence-corrected chi connectivity index (χ1v) is 9.08. The minimum absolute atomic E-state index is 0.480. The van der Waals surface area contributed by atoms with Gasteiger partial charge in [0.1, 0.15) is 0 Å². The molecule has 3 heteroatoms. The highest BCUT2D eigenvalue weighted by molar-refractivity contribution is 9.10. The largest absolute Gasteiger partial charge is 0.309 e. The lowest BCUT2D eigenvalue weighted by atomic mass is 9.76. The van der Waals surface area contributed by atoms with Crippen LogP contribution in [0, 0.1) is 11.3 Å². The Morgan fingerprint density at radius 2 is 2.05 bits per heavy atom. The van der Waals surface area contributed by atoms with Gasteiger partial charge >= 0.3 is 0 Å². The van der Waals surface area contributed by atoms with Crippen LogP contribution in [0.25, 0.3) is 0 Å². The Morgan fingerprint density at radius 1 is 1.26 bits per heavy atom. The third kappa shape index (κ3) is 4.87. The molecular weight excluding hydrogens is 318 g/mol. The summed E-state index contributed by atoms with van der Waals surface area (Å²) < 4.78 is 1.21. The first kappa shape index (κ1) is 15.5. The average Bonchev–Trinajstić information content (AvgIpc) is 2.61. The maximum atomic E-state index is 3.75. The van der Waals surface area contributed by atoms with Crippen molar-refractivity contribution in [2.75, 3.05) is 0 Å². The Morgan fingerprint density at radius 3 is 2.68 bits per heavy atom. The van der Waals surface area contributed by atoms with E-state index in [9.17, 15) is 0 Å². The van der Waals surface area contributed by atoms with Gasteiger partial charge in [-0.15, -0.1) is 11.3 Å². The molecule has 1 aromatic rings. The molecule has 108 valence electrons. The van der Waals surface area contributed by atoms with Crippen LogP contribution in [0.3, 0.4) is 0 Å². The minimum Gasteiger partial charge on any atom is -0.309 e. The van der Waals surface area contributed by atoms with Crippen molar-refractivity contribution in [3.05, 3.63) is 20.8 Å². The summed E-state index contributed by atoms with van der Waals surface area (Å²) in [5.74, 6) is 0.898. The summed E-state index contributed by atoms with van der Waals surface area (Å²) in [5, 5.41) is 5.92. The molecule has 1 saturated carbocycles. The van der Waals surface area contributed by atoms with Crippen LogP contribution < -0.4 is 5.32 Å². The lowest BCUT2D eigenvalue weighted by Gasteiger charge is -2.29. The van der Waals surface area contributed by atoms with Gasteiger partial charge in [0, 0.05) is 27.3 Å². The monoisotopic (exact) mass is 343 g/mol. The fraction of sp³-hybridized carbons (Fsp3) is 0.750. The molecule has 0 bridgehead atoms. The first-order chi connectivity index (χ1) is 8.95. The van der Waals surface area contributed by atoms with Crippen molar-refractivity contribution in [3.8, 4) is 0 Å². The van der Waals surface area contributed by atoms with Gasteiger partial charge in [0.05, 0.1) is 0 Å². The summed E-state index contributed by atoms with van der Waals surface area (Å²) in [6.45, 7) is 8.22.